The molecular weight excluding hydrogens is 198 g/mol. The molecule has 0 aromatic carbocycles. The van der Waals surface area contributed by atoms with Crippen LogP contribution in [0.3, 0.4) is 0 Å². The van der Waals surface area contributed by atoms with E-state index in [9.17, 15) is 0 Å². The number of methoxy groups -OCH3 is 2. The molecule has 1 unspecified atom stereocenters. The van der Waals surface area contributed by atoms with Crippen LogP contribution in [0.25, 0.3) is 0 Å². The van der Waals surface area contributed by atoms with Crippen LogP contribution in [-0.4, -0.2) is 59.9 Å². The van der Waals surface area contributed by atoms with E-state index in [2.05, 4.69) is 0 Å². The summed E-state index contributed by atoms with van der Waals surface area (Å²) in [6.45, 7) is 3.71. The third-order valence-electron chi connectivity index (χ3n) is 1.72. The zero-order valence-electron chi connectivity index (χ0n) is 9.74. The summed E-state index contributed by atoms with van der Waals surface area (Å²) >= 11 is 0. The minimum absolute atomic E-state index is 0.0376. The molecule has 0 aliphatic rings. The Bertz CT molecular complexity index is 124. The fraction of sp³-hybridized carbons (Fsp3) is 1.00. The molecular formula is C10H23NO4. The Morgan fingerprint density at radius 1 is 0.867 bits per heavy atom. The summed E-state index contributed by atoms with van der Waals surface area (Å²) in [7, 11) is 3.28. The average Bonchev–Trinajstić information content (AvgIpc) is 2.22. The normalized spacial score (nSPS) is 13.0. The van der Waals surface area contributed by atoms with Gasteiger partial charge in [-0.1, -0.05) is 0 Å². The van der Waals surface area contributed by atoms with Crippen molar-refractivity contribution in [3.05, 3.63) is 0 Å². The molecule has 0 fully saturated rings. The van der Waals surface area contributed by atoms with Gasteiger partial charge in [0.2, 0.25) is 0 Å². The van der Waals surface area contributed by atoms with Crippen molar-refractivity contribution < 1.29 is 18.9 Å². The van der Waals surface area contributed by atoms with E-state index in [1.165, 1.54) is 0 Å². The number of hydrogen-bond donors (Lipinski definition) is 1. The Morgan fingerprint density at radius 2 is 1.60 bits per heavy atom. The van der Waals surface area contributed by atoms with Gasteiger partial charge in [-0.05, 0) is 6.42 Å². The molecule has 2 N–H and O–H groups in total. The van der Waals surface area contributed by atoms with E-state index in [0.717, 1.165) is 6.42 Å². The maximum atomic E-state index is 5.67. The van der Waals surface area contributed by atoms with Gasteiger partial charge < -0.3 is 24.7 Å². The lowest BCUT2D eigenvalue weighted by Crippen LogP contribution is -2.31. The highest BCUT2D eigenvalue weighted by Crippen LogP contribution is 1.88. The molecule has 0 aromatic rings. The fourth-order valence-corrected chi connectivity index (χ4v) is 1.00. The second-order valence-corrected chi connectivity index (χ2v) is 3.25. The Kier molecular flexibility index (Phi) is 11.7. The smallest absolute Gasteiger partial charge is 0.0700 e. The molecule has 0 amide bonds. The summed E-state index contributed by atoms with van der Waals surface area (Å²) in [5.74, 6) is 0. The topological polar surface area (TPSA) is 62.9 Å². The van der Waals surface area contributed by atoms with Crippen molar-refractivity contribution in [1.29, 1.82) is 0 Å². The first-order valence-corrected chi connectivity index (χ1v) is 5.20. The molecule has 92 valence electrons. The zero-order valence-corrected chi connectivity index (χ0v) is 9.74. The second kappa shape index (κ2) is 11.9. The van der Waals surface area contributed by atoms with Crippen LogP contribution in [0.2, 0.25) is 0 Å². The molecule has 0 aliphatic heterocycles. The monoisotopic (exact) mass is 221 g/mol. The molecule has 0 rings (SSSR count). The van der Waals surface area contributed by atoms with E-state index < -0.39 is 0 Å². The average molecular weight is 221 g/mol. The van der Waals surface area contributed by atoms with Gasteiger partial charge in [-0.25, -0.2) is 0 Å². The lowest BCUT2D eigenvalue weighted by molar-refractivity contribution is 0.0438. The van der Waals surface area contributed by atoms with Gasteiger partial charge in [0.25, 0.3) is 0 Å². The Balaban J connectivity index is 2.98. The van der Waals surface area contributed by atoms with Crippen LogP contribution in [0.5, 0.6) is 0 Å². The molecule has 15 heavy (non-hydrogen) atoms. The Hall–Kier alpha value is -0.200. The zero-order chi connectivity index (χ0) is 11.4. The van der Waals surface area contributed by atoms with Gasteiger partial charge in [0.05, 0.1) is 32.5 Å². The fourth-order valence-electron chi connectivity index (χ4n) is 1.00. The van der Waals surface area contributed by atoms with E-state index >= 15 is 0 Å². The van der Waals surface area contributed by atoms with Crippen molar-refractivity contribution in [1.82, 2.24) is 0 Å². The lowest BCUT2D eigenvalue weighted by Gasteiger charge is -2.10. The van der Waals surface area contributed by atoms with Gasteiger partial charge in [0, 0.05) is 27.4 Å². The standard InChI is InChI=1S/C10H23NO4/c1-12-6-7-14-4-3-5-15-9-10(11)8-13-2/h10H,3-9,11H2,1-2H3. The van der Waals surface area contributed by atoms with Gasteiger partial charge in [-0.3, -0.25) is 0 Å². The van der Waals surface area contributed by atoms with Crippen LogP contribution < -0.4 is 5.73 Å². The highest BCUT2D eigenvalue weighted by Gasteiger charge is 2.00. The van der Waals surface area contributed by atoms with Crippen molar-refractivity contribution >= 4 is 0 Å². The molecule has 0 radical (unpaired) electrons. The Morgan fingerprint density at radius 3 is 2.27 bits per heavy atom. The van der Waals surface area contributed by atoms with Crippen LogP contribution in [0.15, 0.2) is 0 Å². The molecule has 0 spiro atoms. The van der Waals surface area contributed by atoms with Crippen molar-refractivity contribution in [3.8, 4) is 0 Å². The highest BCUT2D eigenvalue weighted by molar-refractivity contribution is 4.56. The highest BCUT2D eigenvalue weighted by atomic mass is 16.5. The summed E-state index contributed by atoms with van der Waals surface area (Å²) in [5, 5.41) is 0. The Labute approximate surface area is 91.8 Å². The number of ether oxygens (including phenoxy) is 4. The summed E-state index contributed by atoms with van der Waals surface area (Å²) < 4.78 is 20.3. The van der Waals surface area contributed by atoms with Crippen LogP contribution >= 0.6 is 0 Å². The maximum absolute atomic E-state index is 5.67. The molecule has 0 heterocycles. The van der Waals surface area contributed by atoms with Crippen molar-refractivity contribution in [3.63, 3.8) is 0 Å². The lowest BCUT2D eigenvalue weighted by atomic mass is 10.3. The van der Waals surface area contributed by atoms with E-state index in [-0.39, 0.29) is 6.04 Å². The first-order valence-electron chi connectivity index (χ1n) is 5.20. The summed E-state index contributed by atoms with van der Waals surface area (Å²) in [6, 6.07) is -0.0376. The van der Waals surface area contributed by atoms with Crippen LogP contribution in [-0.2, 0) is 18.9 Å². The van der Waals surface area contributed by atoms with Gasteiger partial charge in [0.15, 0.2) is 0 Å². The molecule has 0 saturated carbocycles. The molecule has 5 nitrogen and oxygen atoms in total. The van der Waals surface area contributed by atoms with Crippen LogP contribution in [0.4, 0.5) is 0 Å². The van der Waals surface area contributed by atoms with Gasteiger partial charge in [-0.15, -0.1) is 0 Å². The summed E-state index contributed by atoms with van der Waals surface area (Å²) in [5.41, 5.74) is 5.67. The molecule has 5 heteroatoms. The second-order valence-electron chi connectivity index (χ2n) is 3.25. The molecule has 0 bridgehead atoms. The van der Waals surface area contributed by atoms with E-state index in [0.29, 0.717) is 39.6 Å². The predicted molar refractivity (Wildman–Crippen MR) is 58.0 cm³/mol. The van der Waals surface area contributed by atoms with E-state index in [1.807, 2.05) is 0 Å². The minimum Gasteiger partial charge on any atom is -0.383 e. The number of hydrogen-bond acceptors (Lipinski definition) is 5. The van der Waals surface area contributed by atoms with E-state index in [1.54, 1.807) is 14.2 Å². The first-order chi connectivity index (χ1) is 7.31. The molecule has 1 atom stereocenters. The molecule has 0 aliphatic carbocycles. The van der Waals surface area contributed by atoms with Crippen LogP contribution in [0, 0.1) is 0 Å². The first kappa shape index (κ1) is 14.8. The third kappa shape index (κ3) is 11.7. The number of rotatable bonds is 11. The quantitative estimate of drug-likeness (QED) is 0.499. The largest absolute Gasteiger partial charge is 0.383 e. The van der Waals surface area contributed by atoms with Crippen molar-refractivity contribution in [2.45, 2.75) is 12.5 Å². The molecule has 0 aromatic heterocycles. The maximum Gasteiger partial charge on any atom is 0.0700 e. The minimum atomic E-state index is -0.0376. The summed E-state index contributed by atoms with van der Waals surface area (Å²) in [4.78, 5) is 0. The third-order valence-corrected chi connectivity index (χ3v) is 1.72. The van der Waals surface area contributed by atoms with Gasteiger partial charge in [0.1, 0.15) is 0 Å². The van der Waals surface area contributed by atoms with E-state index in [4.69, 9.17) is 24.7 Å². The van der Waals surface area contributed by atoms with Gasteiger partial charge >= 0.3 is 0 Å². The van der Waals surface area contributed by atoms with Crippen molar-refractivity contribution in [2.24, 2.45) is 5.73 Å². The molecule has 0 saturated heterocycles. The summed E-state index contributed by atoms with van der Waals surface area (Å²) in [6.07, 6.45) is 0.878. The SMILES string of the molecule is COCCOCCCOCC(N)COC. The van der Waals surface area contributed by atoms with Gasteiger partial charge in [-0.2, -0.15) is 0 Å². The van der Waals surface area contributed by atoms with Crippen molar-refractivity contribution in [2.75, 3.05) is 53.9 Å². The number of nitrogens with two attached hydrogens (primary N) is 1. The predicted octanol–water partition coefficient (Wildman–Crippen LogP) is 0.0298. The van der Waals surface area contributed by atoms with Crippen LogP contribution in [0.1, 0.15) is 6.42 Å².